The highest BCUT2D eigenvalue weighted by molar-refractivity contribution is 7.89. The van der Waals surface area contributed by atoms with Crippen LogP contribution in [-0.4, -0.2) is 62.0 Å². The lowest BCUT2D eigenvalue weighted by atomic mass is 9.83. The van der Waals surface area contributed by atoms with Gasteiger partial charge < -0.3 is 16.0 Å². The Labute approximate surface area is 165 Å². The summed E-state index contributed by atoms with van der Waals surface area (Å²) in [5, 5.41) is 8.71. The molecule has 2 fully saturated rings. The quantitative estimate of drug-likeness (QED) is 0.673. The summed E-state index contributed by atoms with van der Waals surface area (Å²) in [6.07, 6.45) is 3.13. The molecule has 152 valence electrons. The van der Waals surface area contributed by atoms with Crippen molar-refractivity contribution in [1.29, 1.82) is 0 Å². The van der Waals surface area contributed by atoms with Crippen molar-refractivity contribution in [3.8, 4) is 0 Å². The SMILES string of the molecule is CN(C)S(=O)(=O)C1CC(NC(=O)c2cccc3c2NC(=O)[C@]2(CCCN2)C3)C1. The second kappa shape index (κ2) is 6.82. The van der Waals surface area contributed by atoms with E-state index >= 15 is 0 Å². The topological polar surface area (TPSA) is 108 Å². The molecule has 1 spiro atoms. The van der Waals surface area contributed by atoms with Gasteiger partial charge in [0.1, 0.15) is 5.54 Å². The van der Waals surface area contributed by atoms with Crippen LogP contribution in [0.2, 0.25) is 0 Å². The van der Waals surface area contributed by atoms with Crippen LogP contribution in [-0.2, 0) is 21.2 Å². The Morgan fingerprint density at radius 1 is 1.29 bits per heavy atom. The molecule has 9 heteroatoms. The van der Waals surface area contributed by atoms with Crippen molar-refractivity contribution >= 4 is 27.5 Å². The molecule has 0 aromatic heterocycles. The highest BCUT2D eigenvalue weighted by Crippen LogP contribution is 2.36. The van der Waals surface area contributed by atoms with Crippen LogP contribution in [0.3, 0.4) is 0 Å². The number of para-hydroxylation sites is 1. The Morgan fingerprint density at radius 2 is 2.04 bits per heavy atom. The van der Waals surface area contributed by atoms with Crippen molar-refractivity contribution < 1.29 is 18.0 Å². The standard InChI is InChI=1S/C19H26N4O4S/c1-23(2)28(26,27)14-9-13(10-14)21-17(24)15-6-3-5-12-11-19(7-4-8-20-19)18(25)22-16(12)15/h3,5-6,13-14,20H,4,7-11H2,1-2H3,(H,21,24)(H,22,25)/t13?,14?,19-/m0/s1. The number of fused-ring (bicyclic) bond motifs is 1. The van der Waals surface area contributed by atoms with Crippen molar-refractivity contribution in [2.24, 2.45) is 0 Å². The maximum atomic E-state index is 12.8. The number of nitrogens with zero attached hydrogens (tertiary/aromatic N) is 1. The summed E-state index contributed by atoms with van der Waals surface area (Å²) in [6, 6.07) is 5.29. The highest BCUT2D eigenvalue weighted by atomic mass is 32.2. The highest BCUT2D eigenvalue weighted by Gasteiger charge is 2.45. The Balaban J connectivity index is 1.47. The minimum Gasteiger partial charge on any atom is -0.349 e. The number of hydrogen-bond acceptors (Lipinski definition) is 5. The van der Waals surface area contributed by atoms with Crippen LogP contribution in [0.25, 0.3) is 0 Å². The van der Waals surface area contributed by atoms with Gasteiger partial charge in [0, 0.05) is 26.6 Å². The third-order valence-electron chi connectivity index (χ3n) is 6.16. The molecule has 1 aromatic rings. The number of sulfonamides is 1. The van der Waals surface area contributed by atoms with Crippen molar-refractivity contribution in [3.05, 3.63) is 29.3 Å². The van der Waals surface area contributed by atoms with E-state index in [1.165, 1.54) is 18.4 Å². The molecular weight excluding hydrogens is 380 g/mol. The van der Waals surface area contributed by atoms with E-state index in [-0.39, 0.29) is 17.9 Å². The molecule has 2 aliphatic heterocycles. The largest absolute Gasteiger partial charge is 0.349 e. The van der Waals surface area contributed by atoms with E-state index in [1.807, 2.05) is 12.1 Å². The smallest absolute Gasteiger partial charge is 0.253 e. The first-order valence-electron chi connectivity index (χ1n) is 9.63. The van der Waals surface area contributed by atoms with Crippen LogP contribution < -0.4 is 16.0 Å². The van der Waals surface area contributed by atoms with Gasteiger partial charge >= 0.3 is 0 Å². The fraction of sp³-hybridized carbons (Fsp3) is 0.579. The molecule has 4 rings (SSSR count). The lowest BCUT2D eigenvalue weighted by Crippen LogP contribution is -2.55. The Bertz CT molecular complexity index is 916. The second-order valence-electron chi connectivity index (χ2n) is 8.17. The van der Waals surface area contributed by atoms with Gasteiger partial charge in [-0.1, -0.05) is 12.1 Å². The Hall–Kier alpha value is -1.97. The summed E-state index contributed by atoms with van der Waals surface area (Å²) in [7, 11) is -0.250. The zero-order valence-electron chi connectivity index (χ0n) is 16.1. The fourth-order valence-corrected chi connectivity index (χ4v) is 5.91. The Morgan fingerprint density at radius 3 is 2.68 bits per heavy atom. The van der Waals surface area contributed by atoms with Crippen LogP contribution in [0.15, 0.2) is 18.2 Å². The van der Waals surface area contributed by atoms with E-state index in [2.05, 4.69) is 16.0 Å². The number of nitrogens with one attached hydrogen (secondary N) is 3. The van der Waals surface area contributed by atoms with E-state index in [1.54, 1.807) is 6.07 Å². The van der Waals surface area contributed by atoms with E-state index in [9.17, 15) is 18.0 Å². The number of benzene rings is 1. The van der Waals surface area contributed by atoms with Gasteiger partial charge in [-0.25, -0.2) is 12.7 Å². The summed E-state index contributed by atoms with van der Waals surface area (Å²) in [4.78, 5) is 25.5. The average molecular weight is 407 g/mol. The fourth-order valence-electron chi connectivity index (χ4n) is 4.36. The molecule has 1 aromatic carbocycles. The number of anilines is 1. The van der Waals surface area contributed by atoms with Crippen LogP contribution in [0.1, 0.15) is 41.6 Å². The molecule has 3 N–H and O–H groups in total. The predicted molar refractivity (Wildman–Crippen MR) is 106 cm³/mol. The first kappa shape index (κ1) is 19.4. The van der Waals surface area contributed by atoms with Crippen LogP contribution in [0, 0.1) is 0 Å². The monoisotopic (exact) mass is 406 g/mol. The molecule has 0 bridgehead atoms. The molecule has 8 nitrogen and oxygen atoms in total. The van der Waals surface area contributed by atoms with Crippen LogP contribution in [0.5, 0.6) is 0 Å². The van der Waals surface area contributed by atoms with Crippen molar-refractivity contribution in [1.82, 2.24) is 14.9 Å². The van der Waals surface area contributed by atoms with E-state index < -0.39 is 20.8 Å². The third-order valence-corrected chi connectivity index (χ3v) is 8.41. The van der Waals surface area contributed by atoms with Crippen molar-refractivity contribution in [3.63, 3.8) is 0 Å². The van der Waals surface area contributed by atoms with E-state index in [0.29, 0.717) is 30.5 Å². The lowest BCUT2D eigenvalue weighted by molar-refractivity contribution is -0.122. The maximum Gasteiger partial charge on any atom is 0.253 e. The normalized spacial score (nSPS) is 29.3. The van der Waals surface area contributed by atoms with Crippen molar-refractivity contribution in [2.45, 2.75) is 48.9 Å². The molecule has 2 amide bonds. The summed E-state index contributed by atoms with van der Waals surface area (Å²) >= 11 is 0. The van der Waals surface area contributed by atoms with E-state index in [0.717, 1.165) is 24.9 Å². The van der Waals surface area contributed by atoms with Gasteiger partial charge in [0.05, 0.1) is 16.5 Å². The Kier molecular flexibility index (Phi) is 4.71. The molecule has 28 heavy (non-hydrogen) atoms. The van der Waals surface area contributed by atoms with E-state index in [4.69, 9.17) is 0 Å². The molecule has 2 heterocycles. The van der Waals surface area contributed by atoms with Gasteiger partial charge in [0.2, 0.25) is 15.9 Å². The molecule has 1 aliphatic carbocycles. The zero-order chi connectivity index (χ0) is 20.1. The zero-order valence-corrected chi connectivity index (χ0v) is 16.9. The molecule has 1 atom stereocenters. The molecule has 3 aliphatic rings. The number of carbonyl (C=O) groups is 2. The second-order valence-corrected chi connectivity index (χ2v) is 10.6. The van der Waals surface area contributed by atoms with Gasteiger partial charge in [-0.3, -0.25) is 9.59 Å². The molecule has 0 unspecified atom stereocenters. The minimum atomic E-state index is -3.29. The van der Waals surface area contributed by atoms with Gasteiger partial charge in [-0.2, -0.15) is 0 Å². The molecule has 0 radical (unpaired) electrons. The summed E-state index contributed by atoms with van der Waals surface area (Å²) in [5.74, 6) is -0.364. The molecule has 1 saturated heterocycles. The van der Waals surface area contributed by atoms with Gasteiger partial charge in [0.15, 0.2) is 0 Å². The number of hydrogen-bond donors (Lipinski definition) is 3. The summed E-state index contributed by atoms with van der Waals surface area (Å²) in [6.45, 7) is 0.821. The van der Waals surface area contributed by atoms with Gasteiger partial charge in [-0.15, -0.1) is 0 Å². The summed E-state index contributed by atoms with van der Waals surface area (Å²) in [5.41, 5.74) is 1.38. The molecule has 1 saturated carbocycles. The van der Waals surface area contributed by atoms with Gasteiger partial charge in [0.25, 0.3) is 5.91 Å². The van der Waals surface area contributed by atoms with Gasteiger partial charge in [-0.05, 0) is 43.9 Å². The number of amides is 2. The first-order valence-corrected chi connectivity index (χ1v) is 11.1. The third kappa shape index (κ3) is 3.11. The maximum absolute atomic E-state index is 12.8. The van der Waals surface area contributed by atoms with Crippen LogP contribution >= 0.6 is 0 Å². The first-order chi connectivity index (χ1) is 13.2. The summed E-state index contributed by atoms with van der Waals surface area (Å²) < 4.78 is 25.5. The van der Waals surface area contributed by atoms with Crippen LogP contribution in [0.4, 0.5) is 5.69 Å². The molecular formula is C19H26N4O4S. The van der Waals surface area contributed by atoms with Crippen molar-refractivity contribution in [2.75, 3.05) is 26.0 Å². The lowest BCUT2D eigenvalue weighted by Gasteiger charge is -2.37. The number of rotatable bonds is 4. The minimum absolute atomic E-state index is 0.0847. The average Bonchev–Trinajstić information content (AvgIpc) is 3.07. The predicted octanol–water partition coefficient (Wildman–Crippen LogP) is 0.456. The number of carbonyl (C=O) groups excluding carboxylic acids is 2.